The van der Waals surface area contributed by atoms with Crippen molar-refractivity contribution < 1.29 is 9.90 Å². The number of nitrogens with one attached hydrogen (secondary N) is 1. The Hall–Kier alpha value is -0.610. The largest absolute Gasteiger partial charge is 0.480 e. The van der Waals surface area contributed by atoms with Gasteiger partial charge in [-0.05, 0) is 33.1 Å². The summed E-state index contributed by atoms with van der Waals surface area (Å²) in [5.74, 6) is -0.733. The van der Waals surface area contributed by atoms with Gasteiger partial charge in [0.25, 0.3) is 0 Å². The fourth-order valence-electron chi connectivity index (χ4n) is 2.51. The average molecular weight is 242 g/mol. The van der Waals surface area contributed by atoms with Crippen molar-refractivity contribution in [3.63, 3.8) is 0 Å². The molecule has 0 amide bonds. The Morgan fingerprint density at radius 1 is 1.41 bits per heavy atom. The summed E-state index contributed by atoms with van der Waals surface area (Å²) in [6.07, 6.45) is 6.25. The van der Waals surface area contributed by atoms with Crippen molar-refractivity contribution in [2.24, 2.45) is 0 Å². The van der Waals surface area contributed by atoms with Crippen LogP contribution in [0.15, 0.2) is 0 Å². The van der Waals surface area contributed by atoms with Crippen LogP contribution in [0.25, 0.3) is 0 Å². The quantitative estimate of drug-likeness (QED) is 0.751. The maximum atomic E-state index is 11.2. The summed E-state index contributed by atoms with van der Waals surface area (Å²) < 4.78 is 0. The second-order valence-corrected chi connectivity index (χ2v) is 5.20. The number of carbonyl (C=O) groups is 1. The fourth-order valence-corrected chi connectivity index (χ4v) is 2.51. The molecular formula is C13H26N2O2. The molecule has 4 heteroatoms. The van der Waals surface area contributed by atoms with Gasteiger partial charge in [-0.15, -0.1) is 0 Å². The summed E-state index contributed by atoms with van der Waals surface area (Å²) in [5, 5.41) is 11.4. The van der Waals surface area contributed by atoms with Crippen LogP contribution in [0.1, 0.15) is 59.3 Å². The van der Waals surface area contributed by atoms with Crippen molar-refractivity contribution in [3.8, 4) is 0 Å². The Labute approximate surface area is 104 Å². The van der Waals surface area contributed by atoms with E-state index in [2.05, 4.69) is 31.2 Å². The number of hydrogen-bond acceptors (Lipinski definition) is 3. The van der Waals surface area contributed by atoms with Crippen molar-refractivity contribution in [2.45, 2.75) is 77.4 Å². The lowest BCUT2D eigenvalue weighted by Crippen LogP contribution is -2.57. The van der Waals surface area contributed by atoms with E-state index in [9.17, 15) is 9.90 Å². The van der Waals surface area contributed by atoms with Gasteiger partial charge in [0.1, 0.15) is 6.04 Å². The van der Waals surface area contributed by atoms with E-state index >= 15 is 0 Å². The monoisotopic (exact) mass is 242 g/mol. The van der Waals surface area contributed by atoms with Gasteiger partial charge in [-0.3, -0.25) is 4.79 Å². The molecular weight excluding hydrogens is 216 g/mol. The summed E-state index contributed by atoms with van der Waals surface area (Å²) in [4.78, 5) is 11.2. The molecule has 100 valence electrons. The zero-order valence-electron chi connectivity index (χ0n) is 11.3. The molecule has 3 unspecified atom stereocenters. The lowest BCUT2D eigenvalue weighted by atomic mass is 9.99. The molecule has 0 aliphatic carbocycles. The zero-order chi connectivity index (χ0) is 12.8. The highest BCUT2D eigenvalue weighted by molar-refractivity contribution is 5.73. The molecule has 0 aromatic rings. The number of piperidine rings is 1. The van der Waals surface area contributed by atoms with Crippen LogP contribution in [0.5, 0.6) is 0 Å². The topological polar surface area (TPSA) is 52.6 Å². The maximum absolute atomic E-state index is 11.2. The third-order valence-corrected chi connectivity index (χ3v) is 3.64. The molecule has 0 aromatic carbocycles. The lowest BCUT2D eigenvalue weighted by molar-refractivity contribution is -0.142. The summed E-state index contributed by atoms with van der Waals surface area (Å²) in [6.45, 7) is 6.42. The van der Waals surface area contributed by atoms with E-state index in [1.165, 1.54) is 6.42 Å². The van der Waals surface area contributed by atoms with E-state index in [4.69, 9.17) is 0 Å². The van der Waals surface area contributed by atoms with Crippen LogP contribution in [-0.4, -0.2) is 34.2 Å². The van der Waals surface area contributed by atoms with Gasteiger partial charge in [0.2, 0.25) is 0 Å². The maximum Gasteiger partial charge on any atom is 0.322 e. The Balaban J connectivity index is 2.54. The highest BCUT2D eigenvalue weighted by Gasteiger charge is 2.28. The van der Waals surface area contributed by atoms with E-state index in [-0.39, 0.29) is 0 Å². The summed E-state index contributed by atoms with van der Waals surface area (Å²) in [7, 11) is 0. The molecule has 1 saturated heterocycles. The van der Waals surface area contributed by atoms with E-state index in [1.807, 2.05) is 0 Å². The molecule has 0 radical (unpaired) electrons. The molecule has 0 aromatic heterocycles. The van der Waals surface area contributed by atoms with E-state index in [1.54, 1.807) is 0 Å². The molecule has 1 aliphatic heterocycles. The number of hydrogen-bond donors (Lipinski definition) is 2. The number of carboxylic acid groups (broad SMARTS) is 1. The van der Waals surface area contributed by atoms with E-state index < -0.39 is 12.0 Å². The lowest BCUT2D eigenvalue weighted by Gasteiger charge is -2.40. The Morgan fingerprint density at radius 3 is 2.47 bits per heavy atom. The standard InChI is InChI=1S/C13H26N2O2/c1-4-5-9-12(13(16)17)14-15-10(2)7-6-8-11(15)3/h10-12,14H,4-9H2,1-3H3,(H,16,17). The molecule has 0 spiro atoms. The minimum atomic E-state index is -0.733. The second-order valence-electron chi connectivity index (χ2n) is 5.20. The first-order chi connectivity index (χ1) is 8.06. The van der Waals surface area contributed by atoms with Gasteiger partial charge in [0.15, 0.2) is 0 Å². The number of carboxylic acids is 1. The molecule has 0 bridgehead atoms. The van der Waals surface area contributed by atoms with Gasteiger partial charge >= 0.3 is 5.97 Å². The first-order valence-corrected chi connectivity index (χ1v) is 6.83. The van der Waals surface area contributed by atoms with Crippen LogP contribution in [0.4, 0.5) is 0 Å². The molecule has 1 fully saturated rings. The first-order valence-electron chi connectivity index (χ1n) is 6.83. The van der Waals surface area contributed by atoms with Gasteiger partial charge in [0.05, 0.1) is 0 Å². The highest BCUT2D eigenvalue weighted by atomic mass is 16.4. The van der Waals surface area contributed by atoms with Crippen LogP contribution < -0.4 is 5.43 Å². The fraction of sp³-hybridized carbons (Fsp3) is 0.923. The zero-order valence-corrected chi connectivity index (χ0v) is 11.3. The van der Waals surface area contributed by atoms with Crippen molar-refractivity contribution in [1.29, 1.82) is 0 Å². The summed E-state index contributed by atoms with van der Waals surface area (Å²) in [6, 6.07) is 0.433. The molecule has 0 saturated carbocycles. The van der Waals surface area contributed by atoms with Gasteiger partial charge < -0.3 is 5.11 Å². The van der Waals surface area contributed by atoms with Crippen molar-refractivity contribution in [2.75, 3.05) is 0 Å². The molecule has 3 atom stereocenters. The van der Waals surface area contributed by atoms with Gasteiger partial charge in [-0.2, -0.15) is 0 Å². The molecule has 2 N–H and O–H groups in total. The number of rotatable bonds is 6. The van der Waals surface area contributed by atoms with Gasteiger partial charge in [-0.25, -0.2) is 10.4 Å². The van der Waals surface area contributed by atoms with Crippen LogP contribution in [-0.2, 0) is 4.79 Å². The molecule has 1 heterocycles. The third-order valence-electron chi connectivity index (χ3n) is 3.64. The number of aliphatic carboxylic acids is 1. The smallest absolute Gasteiger partial charge is 0.322 e. The SMILES string of the molecule is CCCCC(NN1C(C)CCCC1C)C(=O)O. The minimum absolute atomic E-state index is 0.432. The predicted molar refractivity (Wildman–Crippen MR) is 68.7 cm³/mol. The third kappa shape index (κ3) is 4.28. The second kappa shape index (κ2) is 6.97. The van der Waals surface area contributed by atoms with Gasteiger partial charge in [-0.1, -0.05) is 26.2 Å². The normalized spacial score (nSPS) is 27.9. The highest BCUT2D eigenvalue weighted by Crippen LogP contribution is 2.21. The van der Waals surface area contributed by atoms with E-state index in [0.29, 0.717) is 18.5 Å². The Kier molecular flexibility index (Phi) is 5.92. The van der Waals surface area contributed by atoms with Crippen LogP contribution in [0, 0.1) is 0 Å². The Morgan fingerprint density at radius 2 is 2.00 bits per heavy atom. The number of unbranched alkanes of at least 4 members (excludes halogenated alkanes) is 1. The van der Waals surface area contributed by atoms with Crippen LogP contribution in [0.3, 0.4) is 0 Å². The molecule has 1 rings (SSSR count). The molecule has 4 nitrogen and oxygen atoms in total. The summed E-state index contributed by atoms with van der Waals surface area (Å²) >= 11 is 0. The van der Waals surface area contributed by atoms with Crippen LogP contribution in [0.2, 0.25) is 0 Å². The molecule has 17 heavy (non-hydrogen) atoms. The van der Waals surface area contributed by atoms with Crippen molar-refractivity contribution in [1.82, 2.24) is 10.4 Å². The summed E-state index contributed by atoms with van der Waals surface area (Å²) in [5.41, 5.74) is 3.22. The van der Waals surface area contributed by atoms with Crippen molar-refractivity contribution >= 4 is 5.97 Å². The van der Waals surface area contributed by atoms with Crippen LogP contribution >= 0.6 is 0 Å². The number of nitrogens with zero attached hydrogens (tertiary/aromatic N) is 1. The Bertz CT molecular complexity index is 236. The first kappa shape index (κ1) is 14.5. The van der Waals surface area contributed by atoms with E-state index in [0.717, 1.165) is 25.7 Å². The number of hydrazine groups is 1. The van der Waals surface area contributed by atoms with Crippen molar-refractivity contribution in [3.05, 3.63) is 0 Å². The van der Waals surface area contributed by atoms with Gasteiger partial charge in [0, 0.05) is 12.1 Å². The minimum Gasteiger partial charge on any atom is -0.480 e. The molecule has 1 aliphatic rings. The average Bonchev–Trinajstić information content (AvgIpc) is 2.27. The predicted octanol–water partition coefficient (Wildman–Crippen LogP) is 2.40.